The van der Waals surface area contributed by atoms with Crippen LogP contribution < -0.4 is 16.4 Å². The summed E-state index contributed by atoms with van der Waals surface area (Å²) < 4.78 is 5.68. The molecule has 2 aliphatic heterocycles. The van der Waals surface area contributed by atoms with E-state index in [1.165, 1.54) is 0 Å². The lowest BCUT2D eigenvalue weighted by atomic mass is 9.91. The second-order valence-electron chi connectivity index (χ2n) is 7.24. The molecule has 0 radical (unpaired) electrons. The van der Waals surface area contributed by atoms with Gasteiger partial charge in [0.1, 0.15) is 22.7 Å². The predicted octanol–water partition coefficient (Wildman–Crippen LogP) is 2.57. The number of rotatable bonds is 9. The van der Waals surface area contributed by atoms with Crippen LogP contribution in [0, 0.1) is 0 Å². The molecule has 4 N–H and O–H groups in total. The number of allylic oxidation sites excluding steroid dienone is 1. The van der Waals surface area contributed by atoms with E-state index in [1.807, 2.05) is 25.1 Å². The van der Waals surface area contributed by atoms with Crippen molar-refractivity contribution in [3.63, 3.8) is 0 Å². The molecule has 0 bridgehead atoms. The number of amides is 1. The molecule has 3 rings (SSSR count). The summed E-state index contributed by atoms with van der Waals surface area (Å²) in [6.07, 6.45) is 2.27. The molecule has 0 fully saturated rings. The Kier molecular flexibility index (Phi) is 7.05. The van der Waals surface area contributed by atoms with E-state index >= 15 is 0 Å². The predicted molar refractivity (Wildman–Crippen MR) is 116 cm³/mol. The number of nitrogens with one attached hydrogen (secondary N) is 2. The van der Waals surface area contributed by atoms with E-state index in [-0.39, 0.29) is 12.1 Å². The number of nitrogens with two attached hydrogens (primary N) is 1. The molecule has 2 atom stereocenters. The van der Waals surface area contributed by atoms with Crippen LogP contribution in [0.25, 0.3) is 0 Å². The highest BCUT2D eigenvalue weighted by molar-refractivity contribution is 6.54. The fourth-order valence-corrected chi connectivity index (χ4v) is 3.59. The fourth-order valence-electron chi connectivity index (χ4n) is 3.33. The van der Waals surface area contributed by atoms with Crippen molar-refractivity contribution in [2.75, 3.05) is 19.8 Å². The third-order valence-corrected chi connectivity index (χ3v) is 5.35. The summed E-state index contributed by atoms with van der Waals surface area (Å²) in [5.74, 6) is -0.117. The van der Waals surface area contributed by atoms with Crippen LogP contribution in [0.5, 0.6) is 0 Å². The summed E-state index contributed by atoms with van der Waals surface area (Å²) in [7, 11) is 0. The van der Waals surface area contributed by atoms with Gasteiger partial charge in [-0.15, -0.1) is 0 Å². The molecule has 156 valence electrons. The summed E-state index contributed by atoms with van der Waals surface area (Å²) in [4.78, 5) is 21.4. The number of hydrogen-bond donors (Lipinski definition) is 3. The van der Waals surface area contributed by atoms with Crippen LogP contribution in [0.15, 0.2) is 51.0 Å². The lowest BCUT2D eigenvalue weighted by Crippen LogP contribution is -2.63. The van der Waals surface area contributed by atoms with Gasteiger partial charge in [-0.2, -0.15) is 0 Å². The van der Waals surface area contributed by atoms with Gasteiger partial charge in [0.25, 0.3) is 5.91 Å². The Morgan fingerprint density at radius 2 is 2.07 bits per heavy atom. The summed E-state index contributed by atoms with van der Waals surface area (Å²) >= 11 is 6.36. The zero-order chi connectivity index (χ0) is 20.9. The van der Waals surface area contributed by atoms with Crippen molar-refractivity contribution in [3.8, 4) is 0 Å². The smallest absolute Gasteiger partial charge is 0.251 e. The van der Waals surface area contributed by atoms with Gasteiger partial charge in [-0.25, -0.2) is 0 Å². The number of nitrogens with zero attached hydrogens (tertiary/aromatic N) is 2. The van der Waals surface area contributed by atoms with Crippen LogP contribution in [0.1, 0.15) is 43.5 Å². The molecule has 0 aromatic heterocycles. The lowest BCUT2D eigenvalue weighted by Gasteiger charge is -2.36. The molecule has 0 saturated carbocycles. The van der Waals surface area contributed by atoms with Crippen molar-refractivity contribution in [2.24, 2.45) is 15.7 Å². The van der Waals surface area contributed by atoms with Crippen molar-refractivity contribution in [3.05, 3.63) is 46.6 Å². The van der Waals surface area contributed by atoms with Gasteiger partial charge in [0.2, 0.25) is 0 Å². The van der Waals surface area contributed by atoms with Gasteiger partial charge in [0, 0.05) is 24.1 Å². The van der Waals surface area contributed by atoms with Gasteiger partial charge < -0.3 is 21.1 Å². The normalized spacial score (nSPS) is 23.2. The summed E-state index contributed by atoms with van der Waals surface area (Å²) in [5, 5.41) is 6.50. The Hall–Kier alpha value is -2.22. The zero-order valence-electron chi connectivity index (χ0n) is 16.9. The Labute approximate surface area is 176 Å². The molecule has 1 aromatic rings. The highest BCUT2D eigenvalue weighted by Gasteiger charge is 2.42. The maximum atomic E-state index is 12.0. The molecule has 2 heterocycles. The van der Waals surface area contributed by atoms with E-state index < -0.39 is 5.66 Å². The van der Waals surface area contributed by atoms with Crippen molar-refractivity contribution in [1.82, 2.24) is 10.6 Å². The topological polar surface area (TPSA) is 101 Å². The van der Waals surface area contributed by atoms with Crippen LogP contribution in [0.4, 0.5) is 0 Å². The van der Waals surface area contributed by atoms with Crippen LogP contribution in [0.2, 0.25) is 0 Å². The van der Waals surface area contributed by atoms with Crippen LogP contribution in [-0.2, 0) is 4.74 Å². The van der Waals surface area contributed by atoms with Gasteiger partial charge in [0.15, 0.2) is 0 Å². The third kappa shape index (κ3) is 5.04. The molecule has 0 saturated heterocycles. The first kappa shape index (κ1) is 21.5. The van der Waals surface area contributed by atoms with Gasteiger partial charge in [0.05, 0.1) is 18.9 Å². The van der Waals surface area contributed by atoms with Crippen molar-refractivity contribution in [2.45, 2.75) is 44.9 Å². The van der Waals surface area contributed by atoms with E-state index in [9.17, 15) is 4.79 Å². The second kappa shape index (κ2) is 9.52. The van der Waals surface area contributed by atoms with E-state index in [0.717, 1.165) is 29.8 Å². The Bertz CT molecular complexity index is 837. The van der Waals surface area contributed by atoms with Gasteiger partial charge >= 0.3 is 0 Å². The number of benzene rings is 1. The lowest BCUT2D eigenvalue weighted by molar-refractivity contribution is 0.0902. The molecule has 0 aliphatic carbocycles. The van der Waals surface area contributed by atoms with Crippen molar-refractivity contribution >= 4 is 28.9 Å². The fraction of sp³-hybridized carbons (Fsp3) is 0.476. The Balaban J connectivity index is 1.49. The maximum Gasteiger partial charge on any atom is 0.251 e. The standard InChI is InChI=1S/C21H28ClN5O2/c1-3-7-16-25-17-14(2)19(22)27-21(23,18(17)26-16)10-12-29-13-11-24-20(28)15-8-5-4-6-9-15/h4-6,8-9,16,27H,3,7,10-13,23H2,1-2H3,(H,24,28). The minimum atomic E-state index is -0.912. The molecule has 2 aliphatic rings. The first-order valence-corrected chi connectivity index (χ1v) is 10.3. The quantitative estimate of drug-likeness (QED) is 0.424. The molecular formula is C21H28ClN5O2. The van der Waals surface area contributed by atoms with Gasteiger partial charge in [-0.1, -0.05) is 43.1 Å². The monoisotopic (exact) mass is 417 g/mol. The molecule has 1 aromatic carbocycles. The molecular weight excluding hydrogens is 390 g/mol. The first-order valence-electron chi connectivity index (χ1n) is 9.96. The van der Waals surface area contributed by atoms with Crippen LogP contribution in [-0.4, -0.2) is 48.9 Å². The number of carbonyl (C=O) groups excluding carboxylic acids is 1. The molecule has 29 heavy (non-hydrogen) atoms. The average molecular weight is 418 g/mol. The molecule has 0 spiro atoms. The second-order valence-corrected chi connectivity index (χ2v) is 7.62. The third-order valence-electron chi connectivity index (χ3n) is 4.98. The van der Waals surface area contributed by atoms with Crippen LogP contribution >= 0.6 is 11.6 Å². The van der Waals surface area contributed by atoms with Gasteiger partial charge in [-0.3, -0.25) is 14.8 Å². The summed E-state index contributed by atoms with van der Waals surface area (Å²) in [6, 6.07) is 9.09. The maximum absolute atomic E-state index is 12.0. The van der Waals surface area contributed by atoms with Gasteiger partial charge in [-0.05, 0) is 25.5 Å². The molecule has 7 nitrogen and oxygen atoms in total. The summed E-state index contributed by atoms with van der Waals surface area (Å²) in [5.41, 5.74) is 8.74. The summed E-state index contributed by atoms with van der Waals surface area (Å²) in [6.45, 7) is 5.24. The minimum Gasteiger partial charge on any atom is -0.379 e. The number of hydrogen-bond acceptors (Lipinski definition) is 6. The zero-order valence-corrected chi connectivity index (χ0v) is 17.6. The number of aliphatic imine (C=N–C) groups is 2. The largest absolute Gasteiger partial charge is 0.379 e. The van der Waals surface area contributed by atoms with E-state index in [4.69, 9.17) is 32.1 Å². The van der Waals surface area contributed by atoms with Crippen molar-refractivity contribution < 1.29 is 9.53 Å². The molecule has 2 unspecified atom stereocenters. The van der Waals surface area contributed by atoms with Crippen LogP contribution in [0.3, 0.4) is 0 Å². The SMILES string of the molecule is CCCC1N=C2C(=N1)C(N)(CCOCCNC(=O)c1ccccc1)NC(Cl)=C2C. The minimum absolute atomic E-state index is 0.0960. The number of halogens is 1. The Morgan fingerprint density at radius 3 is 2.79 bits per heavy atom. The number of carbonyl (C=O) groups is 1. The number of fused-ring (bicyclic) bond motifs is 1. The molecule has 8 heteroatoms. The van der Waals surface area contributed by atoms with E-state index in [0.29, 0.717) is 36.9 Å². The number of ether oxygens (including phenoxy) is 1. The van der Waals surface area contributed by atoms with Crippen molar-refractivity contribution in [1.29, 1.82) is 0 Å². The average Bonchev–Trinajstić information content (AvgIpc) is 3.15. The highest BCUT2D eigenvalue weighted by Crippen LogP contribution is 2.28. The van der Waals surface area contributed by atoms with E-state index in [2.05, 4.69) is 17.6 Å². The van der Waals surface area contributed by atoms with E-state index in [1.54, 1.807) is 12.1 Å². The first-order chi connectivity index (χ1) is 13.9. The molecule has 1 amide bonds. The highest BCUT2D eigenvalue weighted by atomic mass is 35.5. The Morgan fingerprint density at radius 1 is 1.31 bits per heavy atom.